The Balaban J connectivity index is 2.52. The standard InChI is InChI=1S/C11H21NO3/c1-8(2)12(6-7-15-3)10-5-4-9(10)11(13)14/h8-10H,4-7H2,1-3H3,(H,13,14). The molecule has 1 fully saturated rings. The van der Waals surface area contributed by atoms with Crippen molar-refractivity contribution in [3.8, 4) is 0 Å². The molecule has 0 aromatic rings. The second-order valence-corrected chi connectivity index (χ2v) is 4.41. The van der Waals surface area contributed by atoms with Crippen LogP contribution in [0.1, 0.15) is 26.7 Å². The molecular formula is C11H21NO3. The molecule has 0 aromatic carbocycles. The molecule has 1 rings (SSSR count). The van der Waals surface area contributed by atoms with Crippen LogP contribution >= 0.6 is 0 Å². The Hall–Kier alpha value is -0.610. The largest absolute Gasteiger partial charge is 0.481 e. The van der Waals surface area contributed by atoms with E-state index in [9.17, 15) is 4.79 Å². The summed E-state index contributed by atoms with van der Waals surface area (Å²) in [6.45, 7) is 5.70. The Kier molecular flexibility index (Phi) is 4.54. The molecule has 0 spiro atoms. The lowest BCUT2D eigenvalue weighted by molar-refractivity contribution is -0.149. The predicted molar refractivity (Wildman–Crippen MR) is 57.9 cm³/mol. The molecule has 0 radical (unpaired) electrons. The number of rotatable bonds is 6. The molecule has 15 heavy (non-hydrogen) atoms. The number of nitrogens with zero attached hydrogens (tertiary/aromatic N) is 1. The van der Waals surface area contributed by atoms with E-state index >= 15 is 0 Å². The highest BCUT2D eigenvalue weighted by Crippen LogP contribution is 2.33. The molecule has 88 valence electrons. The molecule has 0 heterocycles. The van der Waals surface area contributed by atoms with Crippen molar-refractivity contribution in [1.29, 1.82) is 0 Å². The van der Waals surface area contributed by atoms with E-state index in [1.807, 2.05) is 0 Å². The molecule has 1 aliphatic carbocycles. The third-order valence-corrected chi connectivity index (χ3v) is 3.20. The molecule has 0 aliphatic heterocycles. The van der Waals surface area contributed by atoms with E-state index in [1.54, 1.807) is 7.11 Å². The number of hydrogen-bond donors (Lipinski definition) is 1. The minimum Gasteiger partial charge on any atom is -0.481 e. The van der Waals surface area contributed by atoms with Gasteiger partial charge in [0.25, 0.3) is 0 Å². The first-order valence-corrected chi connectivity index (χ1v) is 5.55. The van der Waals surface area contributed by atoms with Gasteiger partial charge in [-0.25, -0.2) is 0 Å². The molecule has 0 saturated heterocycles. The molecule has 1 N–H and O–H groups in total. The molecule has 0 amide bonds. The zero-order valence-electron chi connectivity index (χ0n) is 9.77. The number of carboxylic acids is 1. The van der Waals surface area contributed by atoms with Gasteiger partial charge < -0.3 is 9.84 Å². The van der Waals surface area contributed by atoms with Gasteiger partial charge in [-0.3, -0.25) is 9.69 Å². The van der Waals surface area contributed by atoms with Gasteiger partial charge in [-0.2, -0.15) is 0 Å². The van der Waals surface area contributed by atoms with E-state index in [0.717, 1.165) is 19.4 Å². The minimum absolute atomic E-state index is 0.177. The highest BCUT2D eigenvalue weighted by atomic mass is 16.5. The predicted octanol–water partition coefficient (Wildman–Crippen LogP) is 1.21. The molecule has 1 saturated carbocycles. The van der Waals surface area contributed by atoms with E-state index in [2.05, 4.69) is 18.7 Å². The van der Waals surface area contributed by atoms with Crippen LogP contribution in [0.25, 0.3) is 0 Å². The Bertz CT molecular complexity index is 218. The fourth-order valence-electron chi connectivity index (χ4n) is 2.17. The zero-order valence-corrected chi connectivity index (χ0v) is 9.77. The van der Waals surface area contributed by atoms with Crippen molar-refractivity contribution < 1.29 is 14.6 Å². The fraction of sp³-hybridized carbons (Fsp3) is 0.909. The zero-order chi connectivity index (χ0) is 11.4. The molecule has 2 unspecified atom stereocenters. The summed E-state index contributed by atoms with van der Waals surface area (Å²) in [5.74, 6) is -0.835. The summed E-state index contributed by atoms with van der Waals surface area (Å²) in [4.78, 5) is 13.2. The molecule has 1 aliphatic rings. The molecular weight excluding hydrogens is 194 g/mol. The Labute approximate surface area is 91.2 Å². The summed E-state index contributed by atoms with van der Waals surface area (Å²) in [5.41, 5.74) is 0. The van der Waals surface area contributed by atoms with Crippen LogP contribution < -0.4 is 0 Å². The highest BCUT2D eigenvalue weighted by molar-refractivity contribution is 5.72. The quantitative estimate of drug-likeness (QED) is 0.723. The van der Waals surface area contributed by atoms with Gasteiger partial charge in [0.05, 0.1) is 12.5 Å². The van der Waals surface area contributed by atoms with Crippen molar-refractivity contribution in [2.75, 3.05) is 20.3 Å². The van der Waals surface area contributed by atoms with E-state index in [4.69, 9.17) is 9.84 Å². The summed E-state index contributed by atoms with van der Waals surface area (Å²) in [5, 5.41) is 9.00. The van der Waals surface area contributed by atoms with Crippen molar-refractivity contribution in [2.45, 2.75) is 38.8 Å². The van der Waals surface area contributed by atoms with Gasteiger partial charge in [0.1, 0.15) is 0 Å². The monoisotopic (exact) mass is 215 g/mol. The number of aliphatic carboxylic acids is 1. The van der Waals surface area contributed by atoms with Crippen LogP contribution in [0.2, 0.25) is 0 Å². The van der Waals surface area contributed by atoms with Crippen LogP contribution in [0.3, 0.4) is 0 Å². The molecule has 4 nitrogen and oxygen atoms in total. The number of carboxylic acid groups (broad SMARTS) is 1. The van der Waals surface area contributed by atoms with Crippen LogP contribution in [-0.4, -0.2) is 48.3 Å². The number of ether oxygens (including phenoxy) is 1. The van der Waals surface area contributed by atoms with Gasteiger partial charge in [-0.15, -0.1) is 0 Å². The van der Waals surface area contributed by atoms with Gasteiger partial charge in [0.15, 0.2) is 0 Å². The molecule has 2 atom stereocenters. The molecule has 0 bridgehead atoms. The summed E-state index contributed by atoms with van der Waals surface area (Å²) in [6.07, 6.45) is 1.81. The van der Waals surface area contributed by atoms with Gasteiger partial charge in [-0.05, 0) is 26.7 Å². The van der Waals surface area contributed by atoms with Gasteiger partial charge >= 0.3 is 5.97 Å². The summed E-state index contributed by atoms with van der Waals surface area (Å²) in [6, 6.07) is 0.588. The van der Waals surface area contributed by atoms with E-state index in [0.29, 0.717) is 12.6 Å². The summed E-state index contributed by atoms with van der Waals surface area (Å²) in [7, 11) is 1.67. The number of methoxy groups -OCH3 is 1. The maximum absolute atomic E-state index is 10.9. The van der Waals surface area contributed by atoms with Crippen molar-refractivity contribution in [3.63, 3.8) is 0 Å². The molecule has 4 heteroatoms. The first-order valence-electron chi connectivity index (χ1n) is 5.55. The van der Waals surface area contributed by atoms with Gasteiger partial charge in [0.2, 0.25) is 0 Å². The van der Waals surface area contributed by atoms with Crippen LogP contribution in [0.4, 0.5) is 0 Å². The first-order chi connectivity index (χ1) is 7.07. The van der Waals surface area contributed by atoms with Crippen LogP contribution in [0.5, 0.6) is 0 Å². The SMILES string of the molecule is COCCN(C(C)C)C1CCC1C(=O)O. The Morgan fingerprint density at radius 3 is 2.53 bits per heavy atom. The van der Waals surface area contributed by atoms with Crippen LogP contribution in [-0.2, 0) is 9.53 Å². The van der Waals surface area contributed by atoms with Gasteiger partial charge in [-0.1, -0.05) is 0 Å². The van der Waals surface area contributed by atoms with Crippen LogP contribution in [0.15, 0.2) is 0 Å². The van der Waals surface area contributed by atoms with E-state index < -0.39 is 5.97 Å². The van der Waals surface area contributed by atoms with E-state index in [1.165, 1.54) is 0 Å². The number of hydrogen-bond acceptors (Lipinski definition) is 3. The Morgan fingerprint density at radius 2 is 2.20 bits per heavy atom. The topological polar surface area (TPSA) is 49.8 Å². The minimum atomic E-state index is -0.658. The normalized spacial score (nSPS) is 25.7. The average Bonchev–Trinajstić information content (AvgIpc) is 2.08. The van der Waals surface area contributed by atoms with Crippen LogP contribution in [0, 0.1) is 5.92 Å². The second-order valence-electron chi connectivity index (χ2n) is 4.41. The number of carbonyl (C=O) groups is 1. The van der Waals surface area contributed by atoms with Gasteiger partial charge in [0, 0.05) is 25.7 Å². The van der Waals surface area contributed by atoms with E-state index in [-0.39, 0.29) is 12.0 Å². The molecule has 0 aromatic heterocycles. The van der Waals surface area contributed by atoms with Crippen molar-refractivity contribution in [2.24, 2.45) is 5.92 Å². The lowest BCUT2D eigenvalue weighted by atomic mass is 9.78. The maximum Gasteiger partial charge on any atom is 0.308 e. The second kappa shape index (κ2) is 5.47. The summed E-state index contributed by atoms with van der Waals surface area (Å²) >= 11 is 0. The smallest absolute Gasteiger partial charge is 0.308 e. The lowest BCUT2D eigenvalue weighted by Gasteiger charge is -2.44. The fourth-order valence-corrected chi connectivity index (χ4v) is 2.17. The average molecular weight is 215 g/mol. The highest BCUT2D eigenvalue weighted by Gasteiger charge is 2.40. The third kappa shape index (κ3) is 2.92. The lowest BCUT2D eigenvalue weighted by Crippen LogP contribution is -2.53. The first kappa shape index (κ1) is 12.5. The van der Waals surface area contributed by atoms with Crippen molar-refractivity contribution in [1.82, 2.24) is 4.90 Å². The van der Waals surface area contributed by atoms with Crippen molar-refractivity contribution >= 4 is 5.97 Å². The van der Waals surface area contributed by atoms with Crippen molar-refractivity contribution in [3.05, 3.63) is 0 Å². The Morgan fingerprint density at radius 1 is 1.53 bits per heavy atom. The third-order valence-electron chi connectivity index (χ3n) is 3.20. The maximum atomic E-state index is 10.9. The summed E-state index contributed by atoms with van der Waals surface area (Å²) < 4.78 is 5.05.